The summed E-state index contributed by atoms with van der Waals surface area (Å²) in [5.74, 6) is 1.45. The molecule has 0 spiro atoms. The van der Waals surface area contributed by atoms with Gasteiger partial charge in [-0.3, -0.25) is 4.98 Å². The van der Waals surface area contributed by atoms with Crippen LogP contribution in [0.15, 0.2) is 54.9 Å². The van der Waals surface area contributed by atoms with Gasteiger partial charge in [0, 0.05) is 25.0 Å². The van der Waals surface area contributed by atoms with Gasteiger partial charge in [-0.05, 0) is 54.4 Å². The second-order valence-electron chi connectivity index (χ2n) is 6.35. The Morgan fingerprint density at radius 1 is 1.00 bits per heavy atom. The topological polar surface area (TPSA) is 24.9 Å². The van der Waals surface area contributed by atoms with Crippen LogP contribution in [0.25, 0.3) is 0 Å². The first kappa shape index (κ1) is 14.3. The highest BCUT2D eigenvalue weighted by Crippen LogP contribution is 2.36. The van der Waals surface area contributed by atoms with Crippen LogP contribution in [0.3, 0.4) is 0 Å². The van der Waals surface area contributed by atoms with Gasteiger partial charge in [-0.15, -0.1) is 0 Å². The lowest BCUT2D eigenvalue weighted by Gasteiger charge is -2.34. The Bertz CT molecular complexity index is 538. The van der Waals surface area contributed by atoms with Crippen LogP contribution in [0.5, 0.6) is 0 Å². The summed E-state index contributed by atoms with van der Waals surface area (Å²) in [7, 11) is 0. The summed E-state index contributed by atoms with van der Waals surface area (Å²) in [5.41, 5.74) is 2.82. The van der Waals surface area contributed by atoms with Crippen molar-refractivity contribution in [3.8, 4) is 0 Å². The van der Waals surface area contributed by atoms with Gasteiger partial charge in [0.2, 0.25) is 0 Å². The molecule has 0 radical (unpaired) electrons. The van der Waals surface area contributed by atoms with Gasteiger partial charge >= 0.3 is 0 Å². The van der Waals surface area contributed by atoms with Crippen LogP contribution < -0.4 is 5.32 Å². The molecule has 0 saturated heterocycles. The fourth-order valence-electron chi connectivity index (χ4n) is 3.54. The summed E-state index contributed by atoms with van der Waals surface area (Å²) in [6, 6.07) is 15.7. The van der Waals surface area contributed by atoms with E-state index in [4.69, 9.17) is 0 Å². The van der Waals surface area contributed by atoms with E-state index in [0.717, 1.165) is 12.5 Å². The summed E-state index contributed by atoms with van der Waals surface area (Å²) in [5, 5.41) is 3.75. The van der Waals surface area contributed by atoms with Crippen LogP contribution in [0.2, 0.25) is 0 Å². The number of hydrogen-bond donors (Lipinski definition) is 1. The molecule has 0 bridgehead atoms. The van der Waals surface area contributed by atoms with E-state index in [9.17, 15) is 0 Å². The van der Waals surface area contributed by atoms with Crippen LogP contribution in [-0.2, 0) is 6.54 Å². The van der Waals surface area contributed by atoms with Crippen molar-refractivity contribution in [2.24, 2.45) is 5.92 Å². The van der Waals surface area contributed by atoms with Crippen molar-refractivity contribution in [3.63, 3.8) is 0 Å². The Labute approximate surface area is 127 Å². The number of hydrogen-bond acceptors (Lipinski definition) is 2. The lowest BCUT2D eigenvalue weighted by Crippen LogP contribution is -2.35. The summed E-state index contributed by atoms with van der Waals surface area (Å²) < 4.78 is 0. The molecule has 1 aliphatic carbocycles. The number of nitrogens with one attached hydrogen (secondary N) is 1. The molecule has 0 aliphatic heterocycles. The van der Waals surface area contributed by atoms with Crippen molar-refractivity contribution in [3.05, 3.63) is 66.0 Å². The Hall–Kier alpha value is -1.67. The van der Waals surface area contributed by atoms with Gasteiger partial charge < -0.3 is 5.32 Å². The van der Waals surface area contributed by atoms with Gasteiger partial charge in [-0.1, -0.05) is 37.3 Å². The third-order valence-electron chi connectivity index (χ3n) is 4.56. The predicted molar refractivity (Wildman–Crippen MR) is 87.1 cm³/mol. The van der Waals surface area contributed by atoms with E-state index in [1.54, 1.807) is 0 Å². The molecule has 3 unspecified atom stereocenters. The summed E-state index contributed by atoms with van der Waals surface area (Å²) >= 11 is 0. The SMILES string of the molecule is CC1CC(NCc2ccccc2)CC(c2ccncc2)C1. The molecule has 1 N–H and O–H groups in total. The minimum Gasteiger partial charge on any atom is -0.310 e. The highest BCUT2D eigenvalue weighted by molar-refractivity contribution is 5.18. The number of nitrogens with zero attached hydrogens (tertiary/aromatic N) is 1. The third kappa shape index (κ3) is 3.92. The van der Waals surface area contributed by atoms with Gasteiger partial charge in [0.15, 0.2) is 0 Å². The second kappa shape index (κ2) is 6.86. The average Bonchev–Trinajstić information content (AvgIpc) is 2.54. The third-order valence-corrected chi connectivity index (χ3v) is 4.56. The Morgan fingerprint density at radius 3 is 2.52 bits per heavy atom. The first-order chi connectivity index (χ1) is 10.3. The van der Waals surface area contributed by atoms with Crippen molar-refractivity contribution in [1.82, 2.24) is 10.3 Å². The molecule has 1 aromatic carbocycles. The van der Waals surface area contributed by atoms with Crippen LogP contribution in [0.1, 0.15) is 43.2 Å². The Balaban J connectivity index is 1.61. The zero-order valence-electron chi connectivity index (χ0n) is 12.7. The van der Waals surface area contributed by atoms with Crippen molar-refractivity contribution in [2.45, 2.75) is 44.7 Å². The van der Waals surface area contributed by atoms with E-state index in [2.05, 4.69) is 59.7 Å². The number of aromatic nitrogens is 1. The largest absolute Gasteiger partial charge is 0.310 e. The molecule has 1 aliphatic rings. The average molecular weight is 280 g/mol. The van der Waals surface area contributed by atoms with Crippen LogP contribution in [-0.4, -0.2) is 11.0 Å². The normalized spacial score (nSPS) is 25.7. The van der Waals surface area contributed by atoms with Gasteiger partial charge in [0.05, 0.1) is 0 Å². The highest BCUT2D eigenvalue weighted by atomic mass is 14.9. The van der Waals surface area contributed by atoms with Gasteiger partial charge in [0.25, 0.3) is 0 Å². The number of pyridine rings is 1. The summed E-state index contributed by atoms with van der Waals surface area (Å²) in [4.78, 5) is 4.14. The predicted octanol–water partition coefficient (Wildman–Crippen LogP) is 4.14. The van der Waals surface area contributed by atoms with Gasteiger partial charge in [-0.2, -0.15) is 0 Å². The van der Waals surface area contributed by atoms with E-state index < -0.39 is 0 Å². The maximum Gasteiger partial charge on any atom is 0.0270 e. The Morgan fingerprint density at radius 2 is 1.76 bits per heavy atom. The molecule has 1 heterocycles. The molecule has 0 amide bonds. The molecule has 1 saturated carbocycles. The first-order valence-electron chi connectivity index (χ1n) is 7.98. The van der Waals surface area contributed by atoms with Gasteiger partial charge in [-0.25, -0.2) is 0 Å². The molecule has 3 atom stereocenters. The fraction of sp³-hybridized carbons (Fsp3) is 0.421. The maximum atomic E-state index is 4.14. The molecule has 1 fully saturated rings. The van der Waals surface area contributed by atoms with E-state index in [1.165, 1.54) is 30.4 Å². The zero-order valence-corrected chi connectivity index (χ0v) is 12.7. The summed E-state index contributed by atoms with van der Waals surface area (Å²) in [6.45, 7) is 3.35. The number of rotatable bonds is 4. The lowest BCUT2D eigenvalue weighted by molar-refractivity contribution is 0.271. The van der Waals surface area contributed by atoms with E-state index in [0.29, 0.717) is 12.0 Å². The summed E-state index contributed by atoms with van der Waals surface area (Å²) in [6.07, 6.45) is 7.66. The standard InChI is InChI=1S/C19H24N2/c1-15-11-18(17-7-9-20-10-8-17)13-19(12-15)21-14-16-5-3-2-4-6-16/h2-10,15,18-19,21H,11-14H2,1H3. The minimum absolute atomic E-state index is 0.618. The molecular weight excluding hydrogens is 256 g/mol. The first-order valence-corrected chi connectivity index (χ1v) is 7.98. The van der Waals surface area contributed by atoms with E-state index >= 15 is 0 Å². The smallest absolute Gasteiger partial charge is 0.0270 e. The quantitative estimate of drug-likeness (QED) is 0.910. The molecule has 2 nitrogen and oxygen atoms in total. The van der Waals surface area contributed by atoms with E-state index in [-0.39, 0.29) is 0 Å². The van der Waals surface area contributed by atoms with E-state index in [1.807, 2.05) is 12.4 Å². The van der Waals surface area contributed by atoms with Crippen molar-refractivity contribution < 1.29 is 0 Å². The van der Waals surface area contributed by atoms with Crippen molar-refractivity contribution >= 4 is 0 Å². The Kier molecular flexibility index (Phi) is 4.66. The monoisotopic (exact) mass is 280 g/mol. The minimum atomic E-state index is 0.618. The van der Waals surface area contributed by atoms with Crippen molar-refractivity contribution in [1.29, 1.82) is 0 Å². The molecule has 1 aromatic heterocycles. The van der Waals surface area contributed by atoms with Crippen molar-refractivity contribution in [2.75, 3.05) is 0 Å². The molecule has 2 heteroatoms. The second-order valence-corrected chi connectivity index (χ2v) is 6.35. The highest BCUT2D eigenvalue weighted by Gasteiger charge is 2.27. The van der Waals surface area contributed by atoms with Crippen LogP contribution >= 0.6 is 0 Å². The zero-order chi connectivity index (χ0) is 14.5. The van der Waals surface area contributed by atoms with Crippen LogP contribution in [0.4, 0.5) is 0 Å². The molecule has 2 aromatic rings. The van der Waals surface area contributed by atoms with Crippen LogP contribution in [0, 0.1) is 5.92 Å². The molecule has 110 valence electrons. The molecule has 3 rings (SSSR count). The molecular formula is C19H24N2. The van der Waals surface area contributed by atoms with Gasteiger partial charge in [0.1, 0.15) is 0 Å². The lowest BCUT2D eigenvalue weighted by atomic mass is 9.76. The molecule has 21 heavy (non-hydrogen) atoms. The fourth-order valence-corrected chi connectivity index (χ4v) is 3.54. The maximum absolute atomic E-state index is 4.14. The number of benzene rings is 1.